The van der Waals surface area contributed by atoms with E-state index in [2.05, 4.69) is 36.3 Å². The molecule has 0 atom stereocenters. The number of carbonyl (C=O) groups is 1. The summed E-state index contributed by atoms with van der Waals surface area (Å²) in [6, 6.07) is 14.0. The van der Waals surface area contributed by atoms with Crippen LogP contribution in [0.15, 0.2) is 58.2 Å². The molecule has 0 bridgehead atoms. The third-order valence-electron chi connectivity index (χ3n) is 3.88. The molecule has 140 valence electrons. The van der Waals surface area contributed by atoms with Crippen molar-refractivity contribution < 1.29 is 13.6 Å². The number of nitrogens with one attached hydrogen (secondary N) is 1. The number of halogens is 1. The van der Waals surface area contributed by atoms with E-state index in [9.17, 15) is 9.18 Å². The van der Waals surface area contributed by atoms with Gasteiger partial charge in [-0.05, 0) is 35.2 Å². The standard InChI is InChI=1S/C20H20FN3O2S/c1-20(2,3)14-10-8-13(9-11-14)18-23-24-19(26-18)27-12-17(25)22-16-7-5-4-6-15(16)21/h4-11H,12H2,1-3H3,(H,22,25). The van der Waals surface area contributed by atoms with Gasteiger partial charge in [-0.3, -0.25) is 4.79 Å². The Morgan fingerprint density at radius 3 is 2.48 bits per heavy atom. The van der Waals surface area contributed by atoms with Gasteiger partial charge in [-0.15, -0.1) is 10.2 Å². The van der Waals surface area contributed by atoms with Gasteiger partial charge in [-0.2, -0.15) is 0 Å². The fourth-order valence-electron chi connectivity index (χ4n) is 2.37. The molecule has 0 aliphatic carbocycles. The molecule has 27 heavy (non-hydrogen) atoms. The van der Waals surface area contributed by atoms with E-state index in [-0.39, 0.29) is 28.0 Å². The Balaban J connectivity index is 1.59. The quantitative estimate of drug-likeness (QED) is 0.633. The summed E-state index contributed by atoms with van der Waals surface area (Å²) in [5.41, 5.74) is 2.25. The minimum atomic E-state index is -0.477. The highest BCUT2D eigenvalue weighted by atomic mass is 32.2. The highest BCUT2D eigenvalue weighted by Crippen LogP contribution is 2.27. The zero-order valence-electron chi connectivity index (χ0n) is 15.3. The first kappa shape index (κ1) is 19.1. The number of para-hydroxylation sites is 1. The van der Waals surface area contributed by atoms with Crippen molar-refractivity contribution >= 4 is 23.4 Å². The van der Waals surface area contributed by atoms with Crippen LogP contribution in [0.5, 0.6) is 0 Å². The first-order valence-electron chi connectivity index (χ1n) is 8.44. The molecule has 2 aromatic carbocycles. The van der Waals surface area contributed by atoms with Crippen molar-refractivity contribution in [2.75, 3.05) is 11.1 Å². The highest BCUT2D eigenvalue weighted by molar-refractivity contribution is 7.99. The SMILES string of the molecule is CC(C)(C)c1ccc(-c2nnc(SCC(=O)Nc3ccccc3F)o2)cc1. The maximum Gasteiger partial charge on any atom is 0.277 e. The molecular formula is C20H20FN3O2S. The number of hydrogen-bond donors (Lipinski definition) is 1. The molecule has 7 heteroatoms. The lowest BCUT2D eigenvalue weighted by Gasteiger charge is -2.18. The van der Waals surface area contributed by atoms with E-state index in [1.165, 1.54) is 17.7 Å². The molecular weight excluding hydrogens is 365 g/mol. The van der Waals surface area contributed by atoms with Crippen LogP contribution in [0.25, 0.3) is 11.5 Å². The number of benzene rings is 2. The Morgan fingerprint density at radius 2 is 1.81 bits per heavy atom. The second-order valence-corrected chi connectivity index (χ2v) is 7.94. The highest BCUT2D eigenvalue weighted by Gasteiger charge is 2.15. The van der Waals surface area contributed by atoms with Gasteiger partial charge in [0, 0.05) is 5.56 Å². The predicted octanol–water partition coefficient (Wildman–Crippen LogP) is 4.90. The number of hydrogen-bond acceptors (Lipinski definition) is 5. The van der Waals surface area contributed by atoms with E-state index in [0.29, 0.717) is 5.89 Å². The number of aromatic nitrogens is 2. The van der Waals surface area contributed by atoms with E-state index >= 15 is 0 Å². The summed E-state index contributed by atoms with van der Waals surface area (Å²) in [4.78, 5) is 12.0. The first-order valence-corrected chi connectivity index (χ1v) is 9.43. The summed E-state index contributed by atoms with van der Waals surface area (Å²) < 4.78 is 19.2. The van der Waals surface area contributed by atoms with Gasteiger partial charge in [-0.25, -0.2) is 4.39 Å². The van der Waals surface area contributed by atoms with Gasteiger partial charge in [0.1, 0.15) is 5.82 Å². The van der Waals surface area contributed by atoms with Crippen molar-refractivity contribution in [2.45, 2.75) is 31.4 Å². The topological polar surface area (TPSA) is 68.0 Å². The molecule has 1 N–H and O–H groups in total. The fraction of sp³-hybridized carbons (Fsp3) is 0.250. The molecule has 5 nitrogen and oxygen atoms in total. The van der Waals surface area contributed by atoms with Crippen LogP contribution in [0, 0.1) is 5.82 Å². The maximum absolute atomic E-state index is 13.5. The predicted molar refractivity (Wildman–Crippen MR) is 104 cm³/mol. The van der Waals surface area contributed by atoms with E-state index in [1.54, 1.807) is 12.1 Å². The zero-order valence-corrected chi connectivity index (χ0v) is 16.1. The molecule has 0 spiro atoms. The Kier molecular flexibility index (Phi) is 5.60. The van der Waals surface area contributed by atoms with Gasteiger partial charge in [-0.1, -0.05) is 56.8 Å². The van der Waals surface area contributed by atoms with Crippen molar-refractivity contribution in [3.63, 3.8) is 0 Å². The molecule has 0 unspecified atom stereocenters. The Bertz CT molecular complexity index is 933. The molecule has 1 amide bonds. The lowest BCUT2D eigenvalue weighted by Crippen LogP contribution is -2.14. The largest absolute Gasteiger partial charge is 0.411 e. The normalized spacial score (nSPS) is 11.4. The van der Waals surface area contributed by atoms with Crippen LogP contribution in [-0.2, 0) is 10.2 Å². The van der Waals surface area contributed by atoms with Gasteiger partial charge in [0.05, 0.1) is 11.4 Å². The summed E-state index contributed by atoms with van der Waals surface area (Å²) in [6.45, 7) is 6.45. The number of nitrogens with zero attached hydrogens (tertiary/aromatic N) is 2. The summed E-state index contributed by atoms with van der Waals surface area (Å²) in [5.74, 6) is -0.389. The van der Waals surface area contributed by atoms with E-state index in [0.717, 1.165) is 17.3 Å². The van der Waals surface area contributed by atoms with E-state index in [1.807, 2.05) is 24.3 Å². The molecule has 0 radical (unpaired) electrons. The maximum atomic E-state index is 13.5. The summed E-state index contributed by atoms with van der Waals surface area (Å²) in [5, 5.41) is 10.8. The van der Waals surface area contributed by atoms with E-state index in [4.69, 9.17) is 4.42 Å². The van der Waals surface area contributed by atoms with Gasteiger partial charge in [0.25, 0.3) is 5.22 Å². The monoisotopic (exact) mass is 385 g/mol. The molecule has 1 heterocycles. The van der Waals surface area contributed by atoms with Crippen LogP contribution in [-0.4, -0.2) is 21.9 Å². The van der Waals surface area contributed by atoms with Crippen molar-refractivity contribution in [1.82, 2.24) is 10.2 Å². The minimum Gasteiger partial charge on any atom is -0.411 e. The van der Waals surface area contributed by atoms with Gasteiger partial charge < -0.3 is 9.73 Å². The second-order valence-electron chi connectivity index (χ2n) is 7.02. The van der Waals surface area contributed by atoms with Gasteiger partial charge >= 0.3 is 0 Å². The number of thioether (sulfide) groups is 1. The Labute approximate surface area is 161 Å². The first-order chi connectivity index (χ1) is 12.8. The molecule has 1 aromatic heterocycles. The van der Waals surface area contributed by atoms with Crippen molar-refractivity contribution in [3.8, 4) is 11.5 Å². The molecule has 0 aliphatic rings. The van der Waals surface area contributed by atoms with E-state index < -0.39 is 5.82 Å². The summed E-state index contributed by atoms with van der Waals surface area (Å²) in [7, 11) is 0. The van der Waals surface area contributed by atoms with Gasteiger partial charge in [0.2, 0.25) is 11.8 Å². The lowest BCUT2D eigenvalue weighted by molar-refractivity contribution is -0.113. The fourth-order valence-corrected chi connectivity index (χ4v) is 2.94. The van der Waals surface area contributed by atoms with Crippen molar-refractivity contribution in [2.24, 2.45) is 0 Å². The number of anilines is 1. The summed E-state index contributed by atoms with van der Waals surface area (Å²) in [6.07, 6.45) is 0. The molecule has 0 fully saturated rings. The van der Waals surface area contributed by atoms with Crippen LogP contribution < -0.4 is 5.32 Å². The third-order valence-corrected chi connectivity index (χ3v) is 4.70. The lowest BCUT2D eigenvalue weighted by atomic mass is 9.87. The second kappa shape index (κ2) is 7.92. The summed E-state index contributed by atoms with van der Waals surface area (Å²) >= 11 is 1.10. The van der Waals surface area contributed by atoms with Gasteiger partial charge in [0.15, 0.2) is 0 Å². The average molecular weight is 385 g/mol. The van der Waals surface area contributed by atoms with Crippen LogP contribution in [0.4, 0.5) is 10.1 Å². The molecule has 3 aromatic rings. The minimum absolute atomic E-state index is 0.0406. The number of rotatable bonds is 5. The van der Waals surface area contributed by atoms with Crippen LogP contribution >= 0.6 is 11.8 Å². The van der Waals surface area contributed by atoms with Crippen LogP contribution in [0.3, 0.4) is 0 Å². The molecule has 3 rings (SSSR count). The van der Waals surface area contributed by atoms with Crippen molar-refractivity contribution in [1.29, 1.82) is 0 Å². The third kappa shape index (κ3) is 4.95. The molecule has 0 saturated heterocycles. The number of carbonyl (C=O) groups excluding carboxylic acids is 1. The zero-order chi connectivity index (χ0) is 19.4. The molecule has 0 aliphatic heterocycles. The van der Waals surface area contributed by atoms with Crippen LogP contribution in [0.1, 0.15) is 26.3 Å². The van der Waals surface area contributed by atoms with Crippen molar-refractivity contribution in [3.05, 3.63) is 59.9 Å². The Hall–Kier alpha value is -2.67. The molecule has 0 saturated carbocycles. The van der Waals surface area contributed by atoms with Crippen LogP contribution in [0.2, 0.25) is 0 Å². The smallest absolute Gasteiger partial charge is 0.277 e. The Morgan fingerprint density at radius 1 is 1.11 bits per heavy atom. The average Bonchev–Trinajstić information content (AvgIpc) is 3.10. The number of amides is 1.